The first-order valence-corrected chi connectivity index (χ1v) is 14.5. The molecule has 0 aliphatic rings. The average Bonchev–Trinajstić information content (AvgIpc) is 3.55. The van der Waals surface area contributed by atoms with Gasteiger partial charge in [0.05, 0.1) is 11.0 Å². The van der Waals surface area contributed by atoms with Gasteiger partial charge in [0.1, 0.15) is 0 Å². The lowest BCUT2D eigenvalue weighted by Gasteiger charge is -2.13. The van der Waals surface area contributed by atoms with Gasteiger partial charge in [0.2, 0.25) is 0 Å². The molecule has 0 amide bonds. The molecule has 0 radical (unpaired) electrons. The Bertz CT molecular complexity index is 2420. The maximum atomic E-state index is 2.43. The van der Waals surface area contributed by atoms with Crippen molar-refractivity contribution < 1.29 is 0 Å². The van der Waals surface area contributed by atoms with Gasteiger partial charge >= 0.3 is 0 Å². The van der Waals surface area contributed by atoms with E-state index in [0.29, 0.717) is 0 Å². The number of para-hydroxylation sites is 2. The van der Waals surface area contributed by atoms with Gasteiger partial charge in [-0.1, -0.05) is 91.0 Å². The van der Waals surface area contributed by atoms with Crippen molar-refractivity contribution in [3.05, 3.63) is 140 Å². The van der Waals surface area contributed by atoms with Crippen LogP contribution in [0.15, 0.2) is 140 Å². The summed E-state index contributed by atoms with van der Waals surface area (Å²) in [7, 11) is 0. The molecular weight excluding hydrogens is 502 g/mol. The van der Waals surface area contributed by atoms with Crippen LogP contribution >= 0.6 is 11.3 Å². The second-order valence-electron chi connectivity index (χ2n) is 10.6. The molecule has 7 aromatic carbocycles. The molecule has 2 heterocycles. The van der Waals surface area contributed by atoms with Gasteiger partial charge < -0.3 is 4.57 Å². The molecule has 0 N–H and O–H groups in total. The molecule has 1 nitrogen and oxygen atoms in total. The lowest BCUT2D eigenvalue weighted by Crippen LogP contribution is -1.93. The fourth-order valence-electron chi connectivity index (χ4n) is 6.55. The molecule has 0 atom stereocenters. The minimum absolute atomic E-state index is 1.18. The van der Waals surface area contributed by atoms with Gasteiger partial charge in [0.15, 0.2) is 0 Å². The lowest BCUT2D eigenvalue weighted by atomic mass is 9.92. The Hall–Kier alpha value is -4.92. The molecule has 0 bridgehead atoms. The van der Waals surface area contributed by atoms with Crippen LogP contribution < -0.4 is 0 Å². The first-order chi connectivity index (χ1) is 19.8. The number of hydrogen-bond acceptors (Lipinski definition) is 1. The Morgan fingerprint density at radius 2 is 1.12 bits per heavy atom. The van der Waals surface area contributed by atoms with Crippen LogP contribution in [0, 0.1) is 0 Å². The highest BCUT2D eigenvalue weighted by atomic mass is 32.1. The molecule has 0 unspecified atom stereocenters. The first kappa shape index (κ1) is 22.0. The van der Waals surface area contributed by atoms with Crippen LogP contribution in [0.5, 0.6) is 0 Å². The number of benzene rings is 7. The molecule has 9 rings (SSSR count). The Morgan fingerprint density at radius 1 is 0.400 bits per heavy atom. The van der Waals surface area contributed by atoms with Gasteiger partial charge in [-0.3, -0.25) is 0 Å². The Kier molecular flexibility index (Phi) is 4.55. The number of fused-ring (bicyclic) bond motifs is 9. The highest BCUT2D eigenvalue weighted by Gasteiger charge is 2.16. The fourth-order valence-corrected chi connectivity index (χ4v) is 7.68. The van der Waals surface area contributed by atoms with Crippen molar-refractivity contribution in [2.75, 3.05) is 0 Å². The minimum atomic E-state index is 1.18. The van der Waals surface area contributed by atoms with Gasteiger partial charge in [0, 0.05) is 36.6 Å². The molecule has 0 spiro atoms. The van der Waals surface area contributed by atoms with Gasteiger partial charge in [-0.05, 0) is 81.2 Å². The molecule has 0 aliphatic heterocycles. The van der Waals surface area contributed by atoms with Crippen molar-refractivity contribution in [1.82, 2.24) is 4.57 Å². The van der Waals surface area contributed by atoms with E-state index in [2.05, 4.69) is 144 Å². The van der Waals surface area contributed by atoms with Crippen LogP contribution in [0.1, 0.15) is 0 Å². The summed E-state index contributed by atoms with van der Waals surface area (Å²) in [6.07, 6.45) is 0. The predicted molar refractivity (Wildman–Crippen MR) is 174 cm³/mol. The van der Waals surface area contributed by atoms with Crippen LogP contribution in [0.3, 0.4) is 0 Å². The van der Waals surface area contributed by atoms with E-state index in [1.807, 2.05) is 11.3 Å². The summed E-state index contributed by atoms with van der Waals surface area (Å²) in [5.41, 5.74) is 6.16. The summed E-state index contributed by atoms with van der Waals surface area (Å²) in [6.45, 7) is 0. The minimum Gasteiger partial charge on any atom is -0.309 e. The zero-order valence-electron chi connectivity index (χ0n) is 21.6. The van der Waals surface area contributed by atoms with E-state index in [-0.39, 0.29) is 0 Å². The summed E-state index contributed by atoms with van der Waals surface area (Å²) in [5.74, 6) is 0. The van der Waals surface area contributed by atoms with Crippen LogP contribution in [-0.4, -0.2) is 4.57 Å². The molecule has 0 saturated carbocycles. The van der Waals surface area contributed by atoms with Crippen LogP contribution in [0.2, 0.25) is 0 Å². The van der Waals surface area contributed by atoms with E-state index >= 15 is 0 Å². The van der Waals surface area contributed by atoms with Gasteiger partial charge in [-0.2, -0.15) is 0 Å². The van der Waals surface area contributed by atoms with Crippen molar-refractivity contribution in [3.8, 4) is 16.8 Å². The third-order valence-electron chi connectivity index (χ3n) is 8.36. The zero-order valence-corrected chi connectivity index (χ0v) is 22.5. The van der Waals surface area contributed by atoms with Gasteiger partial charge in [0.25, 0.3) is 0 Å². The molecule has 2 aromatic heterocycles. The lowest BCUT2D eigenvalue weighted by molar-refractivity contribution is 1.18. The van der Waals surface area contributed by atoms with E-state index in [1.54, 1.807) is 0 Å². The molecule has 0 aliphatic carbocycles. The molecule has 0 saturated heterocycles. The molecule has 186 valence electrons. The number of thiophene rings is 1. The first-order valence-electron chi connectivity index (χ1n) is 13.7. The summed E-state index contributed by atoms with van der Waals surface area (Å²) >= 11 is 1.89. The molecular formula is C38H23NS. The maximum absolute atomic E-state index is 2.43. The third kappa shape index (κ3) is 3.08. The van der Waals surface area contributed by atoms with Crippen molar-refractivity contribution in [1.29, 1.82) is 0 Å². The number of rotatable bonds is 2. The Morgan fingerprint density at radius 3 is 2.02 bits per heavy atom. The van der Waals surface area contributed by atoms with E-state index < -0.39 is 0 Å². The largest absolute Gasteiger partial charge is 0.309 e. The number of nitrogens with zero attached hydrogens (tertiary/aromatic N) is 1. The van der Waals surface area contributed by atoms with Crippen LogP contribution in [0.4, 0.5) is 0 Å². The number of hydrogen-bond donors (Lipinski definition) is 0. The smallest absolute Gasteiger partial charge is 0.0547 e. The van der Waals surface area contributed by atoms with Crippen molar-refractivity contribution in [2.45, 2.75) is 0 Å². The summed E-state index contributed by atoms with van der Waals surface area (Å²) in [6, 6.07) is 51.3. The zero-order chi connectivity index (χ0) is 26.2. The van der Waals surface area contributed by atoms with Crippen LogP contribution in [-0.2, 0) is 0 Å². The standard InChI is InChI=1S/C38H23NS/c1-2-11-26(12-3-1)39-35-16-8-6-14-28(35)29-19-18-25(21-36(29)39)31-20-24-10-4-5-13-27(24)32-22-34-30-15-7-9-17-37(30)40-38(34)23-33(31)32/h1-23H. The van der Waals surface area contributed by atoms with Crippen molar-refractivity contribution in [3.63, 3.8) is 0 Å². The second-order valence-corrected chi connectivity index (χ2v) is 11.6. The average molecular weight is 526 g/mol. The molecule has 2 heteroatoms. The summed E-state index contributed by atoms with van der Waals surface area (Å²) in [4.78, 5) is 0. The summed E-state index contributed by atoms with van der Waals surface area (Å²) in [5, 5.41) is 10.4. The summed E-state index contributed by atoms with van der Waals surface area (Å²) < 4.78 is 5.08. The second kappa shape index (κ2) is 8.29. The normalized spacial score (nSPS) is 12.0. The Balaban J connectivity index is 1.40. The van der Waals surface area contributed by atoms with Gasteiger partial charge in [-0.25, -0.2) is 0 Å². The highest BCUT2D eigenvalue weighted by molar-refractivity contribution is 7.25. The Labute approximate surface area is 235 Å². The number of aromatic nitrogens is 1. The van der Waals surface area contributed by atoms with Crippen LogP contribution in [0.25, 0.3) is 80.3 Å². The van der Waals surface area contributed by atoms with E-state index in [4.69, 9.17) is 0 Å². The van der Waals surface area contributed by atoms with Gasteiger partial charge in [-0.15, -0.1) is 11.3 Å². The SMILES string of the molecule is c1ccc(-n2c3ccccc3c3ccc(-c4cc5ccccc5c5cc6c(cc45)sc4ccccc46)cc32)cc1. The molecule has 9 aromatic rings. The quantitative estimate of drug-likeness (QED) is 0.198. The van der Waals surface area contributed by atoms with Crippen molar-refractivity contribution in [2.24, 2.45) is 0 Å². The fraction of sp³-hybridized carbons (Fsp3) is 0. The topological polar surface area (TPSA) is 4.93 Å². The monoisotopic (exact) mass is 525 g/mol. The van der Waals surface area contributed by atoms with E-state index in [9.17, 15) is 0 Å². The maximum Gasteiger partial charge on any atom is 0.0547 e. The highest BCUT2D eigenvalue weighted by Crippen LogP contribution is 2.43. The van der Waals surface area contributed by atoms with E-state index in [1.165, 1.54) is 80.3 Å². The predicted octanol–water partition coefficient (Wildman–Crippen LogP) is 11.1. The molecule has 40 heavy (non-hydrogen) atoms. The van der Waals surface area contributed by atoms with Crippen molar-refractivity contribution >= 4 is 74.9 Å². The van der Waals surface area contributed by atoms with E-state index in [0.717, 1.165) is 0 Å². The third-order valence-corrected chi connectivity index (χ3v) is 9.49. The molecule has 0 fully saturated rings.